The van der Waals surface area contributed by atoms with E-state index in [4.69, 9.17) is 15.3 Å². The summed E-state index contributed by atoms with van der Waals surface area (Å²) >= 11 is 0. The molecule has 1 atom stereocenters. The number of allylic oxidation sites excluding steroid dienone is 1. The molecule has 0 aliphatic carbocycles. The minimum Gasteiger partial charge on any atom is -0.465 e. The predicted molar refractivity (Wildman–Crippen MR) is 122 cm³/mol. The normalized spacial score (nSPS) is 18.3. The zero-order chi connectivity index (χ0) is 22.8. The Morgan fingerprint density at radius 2 is 1.97 bits per heavy atom. The van der Waals surface area contributed by atoms with Crippen molar-refractivity contribution >= 4 is 17.6 Å². The van der Waals surface area contributed by atoms with Crippen molar-refractivity contribution in [3.8, 4) is 11.5 Å². The number of carbonyl (C=O) groups excluding carboxylic acids is 2. The fourth-order valence-electron chi connectivity index (χ4n) is 4.32. The Morgan fingerprint density at radius 1 is 1.19 bits per heavy atom. The summed E-state index contributed by atoms with van der Waals surface area (Å²) in [5.74, 6) is 8.75. The lowest BCUT2D eigenvalue weighted by Gasteiger charge is -2.31. The van der Waals surface area contributed by atoms with Gasteiger partial charge in [-0.2, -0.15) is 0 Å². The number of carbonyl (C=O) groups is 1. The first-order chi connectivity index (χ1) is 15.4. The maximum Gasteiger partial charge on any atom is 0.337 e. The van der Waals surface area contributed by atoms with Crippen molar-refractivity contribution in [2.75, 3.05) is 25.2 Å². The van der Waals surface area contributed by atoms with Crippen molar-refractivity contribution in [1.29, 1.82) is 0 Å². The van der Waals surface area contributed by atoms with Gasteiger partial charge in [0.1, 0.15) is 23.1 Å². The number of anilines is 1. The van der Waals surface area contributed by atoms with Gasteiger partial charge < -0.3 is 9.47 Å². The van der Waals surface area contributed by atoms with Crippen LogP contribution in [0.25, 0.3) is 0 Å². The molecule has 2 aromatic rings. The van der Waals surface area contributed by atoms with Crippen molar-refractivity contribution < 1.29 is 19.1 Å². The minimum atomic E-state index is -0.427. The maximum absolute atomic E-state index is 11.8. The summed E-state index contributed by atoms with van der Waals surface area (Å²) in [5.41, 5.74) is 3.66. The first-order valence-electron chi connectivity index (χ1n) is 10.7. The fourth-order valence-corrected chi connectivity index (χ4v) is 4.32. The van der Waals surface area contributed by atoms with Crippen LogP contribution in [0.4, 0.5) is 5.69 Å². The average molecular weight is 434 g/mol. The first-order valence-corrected chi connectivity index (χ1v) is 10.7. The van der Waals surface area contributed by atoms with E-state index in [2.05, 4.69) is 30.8 Å². The SMILES string of the molecule is COC(=O)c1cccc(Oc2ccc3c(c2)C(C2=CCN(C(C)C)CC2)C(=C=O)N3N)c1. The molecule has 2 aliphatic rings. The van der Waals surface area contributed by atoms with E-state index < -0.39 is 5.97 Å². The summed E-state index contributed by atoms with van der Waals surface area (Å²) < 4.78 is 10.8. The van der Waals surface area contributed by atoms with Crippen LogP contribution in [0.3, 0.4) is 0 Å². The highest BCUT2D eigenvalue weighted by Crippen LogP contribution is 2.47. The Labute approximate surface area is 187 Å². The third-order valence-corrected chi connectivity index (χ3v) is 6.07. The predicted octanol–water partition coefficient (Wildman–Crippen LogP) is 3.80. The third-order valence-electron chi connectivity index (χ3n) is 6.07. The molecule has 1 unspecified atom stereocenters. The van der Waals surface area contributed by atoms with Gasteiger partial charge in [-0.1, -0.05) is 17.7 Å². The molecule has 0 amide bonds. The maximum atomic E-state index is 11.8. The van der Waals surface area contributed by atoms with E-state index >= 15 is 0 Å². The quantitative estimate of drug-likeness (QED) is 0.332. The van der Waals surface area contributed by atoms with Gasteiger partial charge in [0.15, 0.2) is 0 Å². The number of esters is 1. The van der Waals surface area contributed by atoms with Crippen LogP contribution in [0.2, 0.25) is 0 Å². The number of benzene rings is 2. The molecule has 0 saturated heterocycles. The smallest absolute Gasteiger partial charge is 0.337 e. The number of hydrazine groups is 1. The molecule has 7 nitrogen and oxygen atoms in total. The standard InChI is InChI=1S/C25H27N3O4/c1-16(2)27-11-9-17(10-12-27)24-21-14-20(7-8-22(21)28(26)23(24)15-29)32-19-6-4-5-18(13-19)25(30)31-3/h4-9,13-14,16,24H,10-12,26H2,1-3H3. The molecule has 0 fully saturated rings. The number of nitrogens with two attached hydrogens (primary N) is 1. The minimum absolute atomic E-state index is 0.244. The highest BCUT2D eigenvalue weighted by Gasteiger charge is 2.37. The van der Waals surface area contributed by atoms with Gasteiger partial charge in [0.05, 0.1) is 24.3 Å². The second-order valence-corrected chi connectivity index (χ2v) is 8.25. The molecule has 2 N–H and O–H groups in total. The molecule has 0 aromatic heterocycles. The molecule has 4 rings (SSSR count). The molecule has 2 heterocycles. The summed E-state index contributed by atoms with van der Waals surface area (Å²) in [5, 5.41) is 1.42. The van der Waals surface area contributed by atoms with Gasteiger partial charge >= 0.3 is 5.97 Å². The van der Waals surface area contributed by atoms with E-state index in [0.29, 0.717) is 28.8 Å². The van der Waals surface area contributed by atoms with Crippen LogP contribution in [-0.2, 0) is 9.53 Å². The Morgan fingerprint density at radius 3 is 2.62 bits per heavy atom. The molecule has 7 heteroatoms. The van der Waals surface area contributed by atoms with Crippen LogP contribution in [-0.4, -0.2) is 43.1 Å². The molecule has 32 heavy (non-hydrogen) atoms. The van der Waals surface area contributed by atoms with Crippen LogP contribution < -0.4 is 15.6 Å². The Bertz CT molecular complexity index is 1120. The lowest BCUT2D eigenvalue weighted by molar-refractivity contribution is 0.0600. The summed E-state index contributed by atoms with van der Waals surface area (Å²) in [4.78, 5) is 26.0. The number of nitrogens with zero attached hydrogens (tertiary/aromatic N) is 2. The molecule has 2 aliphatic heterocycles. The van der Waals surface area contributed by atoms with Crippen LogP contribution in [0.5, 0.6) is 11.5 Å². The van der Waals surface area contributed by atoms with E-state index in [9.17, 15) is 9.59 Å². The Hall–Kier alpha value is -3.38. The summed E-state index contributed by atoms with van der Waals surface area (Å²) in [6.45, 7) is 6.14. The highest BCUT2D eigenvalue weighted by molar-refractivity contribution is 5.89. The van der Waals surface area contributed by atoms with E-state index in [-0.39, 0.29) is 5.92 Å². The third kappa shape index (κ3) is 4.06. The molecule has 0 bridgehead atoms. The van der Waals surface area contributed by atoms with E-state index in [0.717, 1.165) is 30.8 Å². The number of ether oxygens (including phenoxy) is 2. The van der Waals surface area contributed by atoms with Crippen LogP contribution >= 0.6 is 0 Å². The molecular formula is C25H27N3O4. The number of fused-ring (bicyclic) bond motifs is 1. The van der Waals surface area contributed by atoms with E-state index in [1.807, 2.05) is 12.1 Å². The second kappa shape index (κ2) is 9.01. The zero-order valence-electron chi connectivity index (χ0n) is 18.5. The van der Waals surface area contributed by atoms with Crippen molar-refractivity contribution in [2.45, 2.75) is 32.2 Å². The second-order valence-electron chi connectivity index (χ2n) is 8.25. The lowest BCUT2D eigenvalue weighted by atomic mass is 9.87. The van der Waals surface area contributed by atoms with Crippen molar-refractivity contribution in [1.82, 2.24) is 4.90 Å². The van der Waals surface area contributed by atoms with Crippen molar-refractivity contribution in [2.24, 2.45) is 5.84 Å². The van der Waals surface area contributed by atoms with Gasteiger partial charge in [0.25, 0.3) is 0 Å². The summed E-state index contributed by atoms with van der Waals surface area (Å²) in [6, 6.07) is 12.8. The number of hydrogen-bond acceptors (Lipinski definition) is 7. The molecular weight excluding hydrogens is 406 g/mol. The number of hydrogen-bond donors (Lipinski definition) is 1. The molecule has 0 spiro atoms. The van der Waals surface area contributed by atoms with Gasteiger partial charge in [-0.3, -0.25) is 9.91 Å². The first kappa shape index (κ1) is 21.8. The van der Waals surface area contributed by atoms with E-state index in [1.165, 1.54) is 17.7 Å². The van der Waals surface area contributed by atoms with Crippen molar-refractivity contribution in [3.05, 3.63) is 70.9 Å². The van der Waals surface area contributed by atoms with Gasteiger partial charge in [0, 0.05) is 19.1 Å². The Kier molecular flexibility index (Phi) is 6.15. The molecule has 0 radical (unpaired) electrons. The van der Waals surface area contributed by atoms with Gasteiger partial charge in [0.2, 0.25) is 0 Å². The zero-order valence-corrected chi connectivity index (χ0v) is 18.5. The number of methoxy groups -OCH3 is 1. The highest BCUT2D eigenvalue weighted by atomic mass is 16.5. The summed E-state index contributed by atoms with van der Waals surface area (Å²) in [6.07, 6.45) is 3.05. The average Bonchev–Trinajstić information content (AvgIpc) is 3.09. The van der Waals surface area contributed by atoms with Gasteiger partial charge in [-0.15, -0.1) is 0 Å². The van der Waals surface area contributed by atoms with Crippen LogP contribution in [0.1, 0.15) is 42.1 Å². The fraction of sp³-hybridized carbons (Fsp3) is 0.320. The molecule has 0 saturated carbocycles. The van der Waals surface area contributed by atoms with Gasteiger partial charge in [-0.25, -0.2) is 15.4 Å². The van der Waals surface area contributed by atoms with E-state index in [1.54, 1.807) is 30.3 Å². The van der Waals surface area contributed by atoms with Gasteiger partial charge in [-0.05, 0) is 62.2 Å². The Balaban J connectivity index is 1.66. The largest absolute Gasteiger partial charge is 0.465 e. The number of rotatable bonds is 5. The van der Waals surface area contributed by atoms with Crippen molar-refractivity contribution in [3.63, 3.8) is 0 Å². The topological polar surface area (TPSA) is 85.1 Å². The van der Waals surface area contributed by atoms with Crippen LogP contribution in [0.15, 0.2) is 59.8 Å². The van der Waals surface area contributed by atoms with Crippen LogP contribution in [0, 0.1) is 0 Å². The molecule has 2 aromatic carbocycles. The molecule has 166 valence electrons. The summed E-state index contributed by atoms with van der Waals surface area (Å²) in [7, 11) is 1.34. The lowest BCUT2D eigenvalue weighted by Crippen LogP contribution is -2.36. The monoisotopic (exact) mass is 433 g/mol.